The van der Waals surface area contributed by atoms with E-state index in [1.165, 1.54) is 6.08 Å². The molecule has 2 heterocycles. The van der Waals surface area contributed by atoms with Crippen LogP contribution in [0.15, 0.2) is 67.6 Å². The number of methoxy groups -OCH3 is 1. The zero-order valence-electron chi connectivity index (χ0n) is 20.7. The molecule has 4 aromatic rings. The normalized spacial score (nSPS) is 10.9. The van der Waals surface area contributed by atoms with Gasteiger partial charge in [0.1, 0.15) is 17.9 Å². The predicted octanol–water partition coefficient (Wildman–Crippen LogP) is 4.06. The van der Waals surface area contributed by atoms with Gasteiger partial charge in [-0.15, -0.1) is 0 Å². The Morgan fingerprint density at radius 3 is 2.75 bits per heavy atom. The molecule has 0 aliphatic carbocycles. The second-order valence-electron chi connectivity index (χ2n) is 8.34. The number of benzene rings is 2. The van der Waals surface area contributed by atoms with Crippen LogP contribution in [-0.4, -0.2) is 64.6 Å². The fourth-order valence-electron chi connectivity index (χ4n) is 3.70. The van der Waals surface area contributed by atoms with Crippen molar-refractivity contribution >= 4 is 40.0 Å². The minimum atomic E-state index is -0.312. The highest BCUT2D eigenvalue weighted by Gasteiger charge is 2.14. The van der Waals surface area contributed by atoms with E-state index in [-0.39, 0.29) is 5.91 Å². The standard InChI is InChI=1S/C26H30N8O2/c1-5-25(35)30-20-15-21(23(36-4)16-19(20)27-12-8-14-33(2)3)31-26-28-13-11-24(32-26)34-17-29-18-9-6-7-10-22(18)34/h5-7,9-11,13,15-17,27H,1,8,12,14H2,2-4H3,(H,30,35)(H,28,31,32). The molecule has 1 amide bonds. The third kappa shape index (κ3) is 5.78. The number of amides is 1. The lowest BCUT2D eigenvalue weighted by molar-refractivity contribution is -0.111. The summed E-state index contributed by atoms with van der Waals surface area (Å²) in [5.41, 5.74) is 3.75. The summed E-state index contributed by atoms with van der Waals surface area (Å²) in [4.78, 5) is 27.7. The van der Waals surface area contributed by atoms with Gasteiger partial charge in [-0.25, -0.2) is 9.97 Å². The smallest absolute Gasteiger partial charge is 0.247 e. The van der Waals surface area contributed by atoms with Gasteiger partial charge in [-0.05, 0) is 57.4 Å². The molecule has 0 saturated heterocycles. The van der Waals surface area contributed by atoms with Gasteiger partial charge in [0.2, 0.25) is 11.9 Å². The number of ether oxygens (including phenoxy) is 1. The molecule has 4 rings (SSSR count). The second-order valence-corrected chi connectivity index (χ2v) is 8.34. The molecule has 3 N–H and O–H groups in total. The molecule has 0 fully saturated rings. The van der Waals surface area contributed by atoms with Gasteiger partial charge in [0.15, 0.2) is 0 Å². The third-order valence-electron chi connectivity index (χ3n) is 5.47. The van der Waals surface area contributed by atoms with E-state index < -0.39 is 0 Å². The van der Waals surface area contributed by atoms with Crippen molar-refractivity contribution in [1.82, 2.24) is 24.4 Å². The van der Waals surface area contributed by atoms with Gasteiger partial charge in [0.25, 0.3) is 0 Å². The van der Waals surface area contributed by atoms with Crippen LogP contribution in [0.2, 0.25) is 0 Å². The number of nitrogens with zero attached hydrogens (tertiary/aromatic N) is 5. The molecule has 2 aromatic carbocycles. The van der Waals surface area contributed by atoms with E-state index in [1.807, 2.05) is 55.1 Å². The fourth-order valence-corrected chi connectivity index (χ4v) is 3.70. The van der Waals surface area contributed by atoms with Gasteiger partial charge in [0.05, 0.1) is 35.2 Å². The molecule has 0 bridgehead atoms. The third-order valence-corrected chi connectivity index (χ3v) is 5.47. The highest BCUT2D eigenvalue weighted by molar-refractivity contribution is 6.02. The molecule has 36 heavy (non-hydrogen) atoms. The summed E-state index contributed by atoms with van der Waals surface area (Å²) >= 11 is 0. The molecule has 0 aliphatic heterocycles. The van der Waals surface area contributed by atoms with E-state index >= 15 is 0 Å². The molecule has 0 unspecified atom stereocenters. The van der Waals surface area contributed by atoms with Crippen LogP contribution in [0.3, 0.4) is 0 Å². The van der Waals surface area contributed by atoms with Gasteiger partial charge in [0, 0.05) is 18.8 Å². The summed E-state index contributed by atoms with van der Waals surface area (Å²) < 4.78 is 7.53. The van der Waals surface area contributed by atoms with E-state index in [9.17, 15) is 4.79 Å². The first-order chi connectivity index (χ1) is 17.5. The Morgan fingerprint density at radius 2 is 1.97 bits per heavy atom. The van der Waals surface area contributed by atoms with Crippen molar-refractivity contribution in [2.45, 2.75) is 6.42 Å². The Kier molecular flexibility index (Phi) is 7.76. The van der Waals surface area contributed by atoms with Crippen molar-refractivity contribution in [1.29, 1.82) is 0 Å². The van der Waals surface area contributed by atoms with E-state index in [1.54, 1.807) is 25.7 Å². The Labute approximate surface area is 210 Å². The molecule has 10 heteroatoms. The number of imidazole rings is 1. The summed E-state index contributed by atoms with van der Waals surface area (Å²) in [5, 5.41) is 9.47. The molecule has 2 aromatic heterocycles. The molecular weight excluding hydrogens is 456 g/mol. The van der Waals surface area contributed by atoms with Crippen molar-refractivity contribution in [3.63, 3.8) is 0 Å². The second kappa shape index (κ2) is 11.3. The summed E-state index contributed by atoms with van der Waals surface area (Å²) in [6, 6.07) is 13.3. The summed E-state index contributed by atoms with van der Waals surface area (Å²) in [7, 11) is 5.66. The predicted molar refractivity (Wildman–Crippen MR) is 143 cm³/mol. The first-order valence-corrected chi connectivity index (χ1v) is 11.5. The van der Waals surface area contributed by atoms with Crippen LogP contribution < -0.4 is 20.7 Å². The highest BCUT2D eigenvalue weighted by Crippen LogP contribution is 2.36. The number of carbonyl (C=O) groups is 1. The van der Waals surface area contributed by atoms with Gasteiger partial charge in [-0.2, -0.15) is 4.98 Å². The summed E-state index contributed by atoms with van der Waals surface area (Å²) in [6.45, 7) is 5.23. The average molecular weight is 487 g/mol. The van der Waals surface area contributed by atoms with E-state index in [4.69, 9.17) is 4.74 Å². The van der Waals surface area contributed by atoms with E-state index in [0.717, 1.165) is 36.2 Å². The van der Waals surface area contributed by atoms with Crippen LogP contribution in [0.5, 0.6) is 5.75 Å². The molecule has 0 aliphatic rings. The first kappa shape index (κ1) is 24.7. The quantitative estimate of drug-likeness (QED) is 0.215. The lowest BCUT2D eigenvalue weighted by Gasteiger charge is -2.18. The Morgan fingerprint density at radius 1 is 1.14 bits per heavy atom. The Balaban J connectivity index is 1.63. The van der Waals surface area contributed by atoms with Crippen LogP contribution in [0, 0.1) is 0 Å². The largest absolute Gasteiger partial charge is 0.494 e. The van der Waals surface area contributed by atoms with Crippen LogP contribution in [0.25, 0.3) is 16.9 Å². The van der Waals surface area contributed by atoms with Crippen LogP contribution >= 0.6 is 0 Å². The van der Waals surface area contributed by atoms with E-state index in [0.29, 0.717) is 28.9 Å². The van der Waals surface area contributed by atoms with E-state index in [2.05, 4.69) is 42.4 Å². The number of nitrogens with one attached hydrogen (secondary N) is 3. The topological polar surface area (TPSA) is 109 Å². The number of hydrogen-bond acceptors (Lipinski definition) is 8. The van der Waals surface area contributed by atoms with Crippen molar-refractivity contribution in [2.75, 3.05) is 50.2 Å². The summed E-state index contributed by atoms with van der Waals surface area (Å²) in [6.07, 6.45) is 5.58. The first-order valence-electron chi connectivity index (χ1n) is 11.5. The molecule has 0 radical (unpaired) electrons. The van der Waals surface area contributed by atoms with Crippen molar-refractivity contribution < 1.29 is 9.53 Å². The number of rotatable bonds is 11. The van der Waals surface area contributed by atoms with Gasteiger partial charge < -0.3 is 25.6 Å². The van der Waals surface area contributed by atoms with Crippen LogP contribution in [-0.2, 0) is 4.79 Å². The molecule has 0 spiro atoms. The van der Waals surface area contributed by atoms with Crippen molar-refractivity contribution in [2.24, 2.45) is 0 Å². The zero-order valence-corrected chi connectivity index (χ0v) is 20.7. The minimum absolute atomic E-state index is 0.312. The van der Waals surface area contributed by atoms with Crippen molar-refractivity contribution in [3.05, 3.63) is 67.6 Å². The number of fused-ring (bicyclic) bond motifs is 1. The average Bonchev–Trinajstić information content (AvgIpc) is 3.32. The van der Waals surface area contributed by atoms with Gasteiger partial charge >= 0.3 is 0 Å². The van der Waals surface area contributed by atoms with Crippen LogP contribution in [0.1, 0.15) is 6.42 Å². The van der Waals surface area contributed by atoms with Gasteiger partial charge in [-0.1, -0.05) is 18.7 Å². The SMILES string of the molecule is C=CC(=O)Nc1cc(Nc2nccc(-n3cnc4ccccc43)n2)c(OC)cc1NCCCN(C)C. The lowest BCUT2D eigenvalue weighted by atomic mass is 10.2. The number of aromatic nitrogens is 4. The number of carbonyl (C=O) groups excluding carboxylic acids is 1. The summed E-state index contributed by atoms with van der Waals surface area (Å²) in [5.74, 6) is 1.30. The maximum Gasteiger partial charge on any atom is 0.247 e. The zero-order chi connectivity index (χ0) is 25.5. The number of para-hydroxylation sites is 2. The molecular formula is C26H30N8O2. The Bertz CT molecular complexity index is 1370. The van der Waals surface area contributed by atoms with Crippen molar-refractivity contribution in [3.8, 4) is 11.6 Å². The maximum absolute atomic E-state index is 12.1. The molecule has 186 valence electrons. The number of anilines is 4. The molecule has 0 saturated carbocycles. The van der Waals surface area contributed by atoms with Crippen LogP contribution in [0.4, 0.5) is 23.0 Å². The Hall–Kier alpha value is -4.44. The highest BCUT2D eigenvalue weighted by atomic mass is 16.5. The lowest BCUT2D eigenvalue weighted by Crippen LogP contribution is -2.17. The maximum atomic E-state index is 12.1. The fraction of sp³-hybridized carbons (Fsp3) is 0.231. The monoisotopic (exact) mass is 486 g/mol. The van der Waals surface area contributed by atoms with Gasteiger partial charge in [-0.3, -0.25) is 9.36 Å². The minimum Gasteiger partial charge on any atom is -0.494 e. The molecule has 10 nitrogen and oxygen atoms in total. The molecule has 0 atom stereocenters. The number of hydrogen-bond donors (Lipinski definition) is 3.